The zero-order valence-corrected chi connectivity index (χ0v) is 13.3. The molecule has 1 N–H and O–H groups in total. The molecule has 96 valence electrons. The number of halogens is 2. The molecule has 18 heavy (non-hydrogen) atoms. The molecule has 1 aromatic carbocycles. The van der Waals surface area contributed by atoms with Crippen LogP contribution in [0.5, 0.6) is 0 Å². The quantitative estimate of drug-likeness (QED) is 0.799. The van der Waals surface area contributed by atoms with Crippen molar-refractivity contribution >= 4 is 38.9 Å². The maximum Gasteiger partial charge on any atom is 0.0551 e. The molecule has 0 radical (unpaired) electrons. The van der Waals surface area contributed by atoms with Crippen molar-refractivity contribution in [2.45, 2.75) is 18.9 Å². The normalized spacial score (nSPS) is 12.6. The van der Waals surface area contributed by atoms with E-state index in [0.717, 1.165) is 22.3 Å². The number of aryl methyl sites for hydroxylation is 1. The molecule has 1 unspecified atom stereocenters. The highest BCUT2D eigenvalue weighted by molar-refractivity contribution is 9.10. The second kappa shape index (κ2) is 6.71. The monoisotopic (exact) mass is 343 g/mol. The van der Waals surface area contributed by atoms with Gasteiger partial charge in [-0.15, -0.1) is 0 Å². The molecule has 2 aromatic rings. The summed E-state index contributed by atoms with van der Waals surface area (Å²) in [5.74, 6) is 0. The fraction of sp³-hybridized carbons (Fsp3) is 0.286. The third kappa shape index (κ3) is 3.58. The zero-order chi connectivity index (χ0) is 13.0. The van der Waals surface area contributed by atoms with Crippen molar-refractivity contribution in [2.24, 2.45) is 0 Å². The highest BCUT2D eigenvalue weighted by Gasteiger charge is 2.11. The van der Waals surface area contributed by atoms with Gasteiger partial charge in [0.1, 0.15) is 0 Å². The summed E-state index contributed by atoms with van der Waals surface area (Å²) in [6, 6.07) is 8.68. The molecule has 0 aliphatic heterocycles. The average molecular weight is 345 g/mol. The minimum Gasteiger partial charge on any atom is -0.313 e. The van der Waals surface area contributed by atoms with Gasteiger partial charge in [0.15, 0.2) is 0 Å². The molecule has 1 aromatic heterocycles. The van der Waals surface area contributed by atoms with Crippen molar-refractivity contribution in [1.29, 1.82) is 0 Å². The van der Waals surface area contributed by atoms with Gasteiger partial charge >= 0.3 is 0 Å². The Bertz CT molecular complexity index is 499. The van der Waals surface area contributed by atoms with Crippen LogP contribution in [0.4, 0.5) is 0 Å². The predicted octanol–water partition coefficient (Wildman–Crippen LogP) is 5.06. The Kier molecular flexibility index (Phi) is 5.25. The third-order valence-electron chi connectivity index (χ3n) is 3.00. The molecule has 0 spiro atoms. The van der Waals surface area contributed by atoms with Crippen LogP contribution in [0.25, 0.3) is 0 Å². The SMILES string of the molecule is CNC(CCc1ccsc1)c1ccc(Br)c(Cl)c1. The Morgan fingerprint density at radius 1 is 1.39 bits per heavy atom. The molecular weight excluding hydrogens is 330 g/mol. The van der Waals surface area contributed by atoms with Crippen LogP contribution in [-0.2, 0) is 6.42 Å². The number of benzene rings is 1. The Hall–Kier alpha value is -0.350. The van der Waals surface area contributed by atoms with Crippen LogP contribution in [0.15, 0.2) is 39.5 Å². The number of hydrogen-bond donors (Lipinski definition) is 1. The topological polar surface area (TPSA) is 12.0 Å². The molecule has 0 aliphatic carbocycles. The van der Waals surface area contributed by atoms with Crippen molar-refractivity contribution in [3.05, 3.63) is 55.6 Å². The first-order valence-electron chi connectivity index (χ1n) is 5.84. The maximum absolute atomic E-state index is 6.14. The van der Waals surface area contributed by atoms with Gasteiger partial charge in [-0.3, -0.25) is 0 Å². The van der Waals surface area contributed by atoms with Gasteiger partial charge in [0.2, 0.25) is 0 Å². The van der Waals surface area contributed by atoms with Gasteiger partial charge in [0.05, 0.1) is 5.02 Å². The fourth-order valence-corrected chi connectivity index (χ4v) is 3.09. The van der Waals surface area contributed by atoms with Gasteiger partial charge in [-0.2, -0.15) is 11.3 Å². The first kappa shape index (κ1) is 14.1. The molecule has 1 atom stereocenters. The van der Waals surface area contributed by atoms with Crippen LogP contribution >= 0.6 is 38.9 Å². The molecule has 0 bridgehead atoms. The van der Waals surface area contributed by atoms with Crippen LogP contribution in [0, 0.1) is 0 Å². The third-order valence-corrected chi connectivity index (χ3v) is 4.96. The predicted molar refractivity (Wildman–Crippen MR) is 83.6 cm³/mol. The van der Waals surface area contributed by atoms with Crippen LogP contribution < -0.4 is 5.32 Å². The highest BCUT2D eigenvalue weighted by Crippen LogP contribution is 2.28. The Labute approximate surface area is 125 Å². The Morgan fingerprint density at radius 2 is 2.22 bits per heavy atom. The van der Waals surface area contributed by atoms with Crippen LogP contribution in [-0.4, -0.2) is 7.05 Å². The minimum absolute atomic E-state index is 0.343. The maximum atomic E-state index is 6.14. The Morgan fingerprint density at radius 3 is 2.83 bits per heavy atom. The summed E-state index contributed by atoms with van der Waals surface area (Å²) < 4.78 is 0.945. The van der Waals surface area contributed by atoms with E-state index in [-0.39, 0.29) is 0 Å². The molecule has 0 fully saturated rings. The summed E-state index contributed by atoms with van der Waals surface area (Å²) in [6.07, 6.45) is 2.16. The lowest BCUT2D eigenvalue weighted by molar-refractivity contribution is 0.549. The molecule has 0 saturated heterocycles. The van der Waals surface area contributed by atoms with E-state index in [2.05, 4.69) is 44.1 Å². The van der Waals surface area contributed by atoms with E-state index < -0.39 is 0 Å². The van der Waals surface area contributed by atoms with E-state index in [9.17, 15) is 0 Å². The molecule has 0 amide bonds. The van der Waals surface area contributed by atoms with Crippen molar-refractivity contribution in [2.75, 3.05) is 7.05 Å². The highest BCUT2D eigenvalue weighted by atomic mass is 79.9. The summed E-state index contributed by atoms with van der Waals surface area (Å²) in [5.41, 5.74) is 2.64. The summed E-state index contributed by atoms with van der Waals surface area (Å²) in [4.78, 5) is 0. The van der Waals surface area contributed by atoms with Gasteiger partial charge < -0.3 is 5.32 Å². The lowest BCUT2D eigenvalue weighted by Crippen LogP contribution is -2.17. The Balaban J connectivity index is 2.05. The van der Waals surface area contributed by atoms with Crippen molar-refractivity contribution in [3.8, 4) is 0 Å². The molecule has 1 nitrogen and oxygen atoms in total. The van der Waals surface area contributed by atoms with E-state index in [1.165, 1.54) is 11.1 Å². The van der Waals surface area contributed by atoms with Crippen molar-refractivity contribution in [1.82, 2.24) is 5.32 Å². The number of nitrogens with one attached hydrogen (secondary N) is 1. The van der Waals surface area contributed by atoms with Gasteiger partial charge in [-0.1, -0.05) is 17.7 Å². The zero-order valence-electron chi connectivity index (χ0n) is 10.1. The lowest BCUT2D eigenvalue weighted by Gasteiger charge is -2.17. The summed E-state index contributed by atoms with van der Waals surface area (Å²) in [7, 11) is 1.99. The van der Waals surface area contributed by atoms with Crippen molar-refractivity contribution < 1.29 is 0 Å². The molecule has 0 saturated carbocycles. The largest absolute Gasteiger partial charge is 0.313 e. The van der Waals surface area contributed by atoms with Gasteiger partial charge in [0, 0.05) is 10.5 Å². The smallest absolute Gasteiger partial charge is 0.0551 e. The van der Waals surface area contributed by atoms with Crippen LogP contribution in [0.3, 0.4) is 0 Å². The van der Waals surface area contributed by atoms with Gasteiger partial charge in [0.25, 0.3) is 0 Å². The summed E-state index contributed by atoms with van der Waals surface area (Å²) >= 11 is 11.3. The van der Waals surface area contributed by atoms with Crippen molar-refractivity contribution in [3.63, 3.8) is 0 Å². The van der Waals surface area contributed by atoms with Gasteiger partial charge in [-0.25, -0.2) is 0 Å². The minimum atomic E-state index is 0.343. The molecule has 2 rings (SSSR count). The summed E-state index contributed by atoms with van der Waals surface area (Å²) in [5, 5.41) is 8.46. The van der Waals surface area contributed by atoms with E-state index >= 15 is 0 Å². The fourth-order valence-electron chi connectivity index (χ4n) is 1.95. The number of thiophene rings is 1. The second-order valence-electron chi connectivity index (χ2n) is 4.19. The first-order valence-corrected chi connectivity index (χ1v) is 7.95. The molecule has 1 heterocycles. The average Bonchev–Trinajstić information content (AvgIpc) is 2.87. The van der Waals surface area contributed by atoms with E-state index in [0.29, 0.717) is 6.04 Å². The summed E-state index contributed by atoms with van der Waals surface area (Å²) in [6.45, 7) is 0. The standard InChI is InChI=1S/C14H15BrClNS/c1-17-14(5-2-10-6-7-18-9-10)11-3-4-12(15)13(16)8-11/h3-4,6-9,14,17H,2,5H2,1H3. The first-order chi connectivity index (χ1) is 8.70. The van der Waals surface area contributed by atoms with Crippen LogP contribution in [0.1, 0.15) is 23.6 Å². The molecule has 4 heteroatoms. The van der Waals surface area contributed by atoms with E-state index in [4.69, 9.17) is 11.6 Å². The van der Waals surface area contributed by atoms with E-state index in [1.54, 1.807) is 11.3 Å². The molecule has 0 aliphatic rings. The van der Waals surface area contributed by atoms with Crippen LogP contribution in [0.2, 0.25) is 5.02 Å². The lowest BCUT2D eigenvalue weighted by atomic mass is 10.0. The van der Waals surface area contributed by atoms with E-state index in [1.807, 2.05) is 19.2 Å². The number of rotatable bonds is 5. The molecular formula is C14H15BrClNS. The number of hydrogen-bond acceptors (Lipinski definition) is 2. The second-order valence-corrected chi connectivity index (χ2v) is 6.23. The van der Waals surface area contributed by atoms with Gasteiger partial charge in [-0.05, 0) is 75.9 Å².